The van der Waals surface area contributed by atoms with Crippen molar-refractivity contribution in [2.24, 2.45) is 0 Å². The van der Waals surface area contributed by atoms with Gasteiger partial charge in [0.1, 0.15) is 0 Å². The fraction of sp³-hybridized carbons (Fsp3) is 0.0952. The van der Waals surface area contributed by atoms with Crippen LogP contribution in [0.5, 0.6) is 0 Å². The summed E-state index contributed by atoms with van der Waals surface area (Å²) >= 11 is 0. The average Bonchev–Trinajstić information content (AvgIpc) is 2.95. The maximum Gasteiger partial charge on any atom is 0.164 e. The van der Waals surface area contributed by atoms with E-state index in [4.69, 9.17) is 0 Å². The molecule has 4 aromatic carbocycles. The van der Waals surface area contributed by atoms with Gasteiger partial charge >= 0.3 is 0 Å². The van der Waals surface area contributed by atoms with Gasteiger partial charge in [0, 0.05) is 12.0 Å². The van der Waals surface area contributed by atoms with Gasteiger partial charge in [0.15, 0.2) is 5.78 Å². The van der Waals surface area contributed by atoms with Crippen LogP contribution >= 0.6 is 0 Å². The summed E-state index contributed by atoms with van der Waals surface area (Å²) in [4.78, 5) is 12.3. The van der Waals surface area contributed by atoms with E-state index in [-0.39, 0.29) is 0 Å². The highest BCUT2D eigenvalue weighted by Crippen LogP contribution is 2.36. The van der Waals surface area contributed by atoms with Crippen LogP contribution in [0.3, 0.4) is 0 Å². The van der Waals surface area contributed by atoms with Crippen LogP contribution in [0.1, 0.15) is 22.3 Å². The Morgan fingerprint density at radius 3 is 2.36 bits per heavy atom. The molecule has 0 amide bonds. The summed E-state index contributed by atoms with van der Waals surface area (Å²) in [5, 5.41) is 7.31. The molecule has 0 saturated heterocycles. The minimum atomic E-state index is 0.292. The Hall–Kier alpha value is -2.67. The first kappa shape index (κ1) is 11.9. The van der Waals surface area contributed by atoms with Gasteiger partial charge in [-0.15, -0.1) is 0 Å². The van der Waals surface area contributed by atoms with Crippen LogP contribution in [0, 0.1) is 0 Å². The van der Waals surface area contributed by atoms with Crippen molar-refractivity contribution in [2.45, 2.75) is 12.8 Å². The van der Waals surface area contributed by atoms with Crippen LogP contribution in [-0.4, -0.2) is 5.78 Å². The highest BCUT2D eigenvalue weighted by Gasteiger charge is 2.22. The Morgan fingerprint density at radius 2 is 1.41 bits per heavy atom. The quantitative estimate of drug-likeness (QED) is 0.401. The van der Waals surface area contributed by atoms with Gasteiger partial charge in [0.05, 0.1) is 0 Å². The maximum absolute atomic E-state index is 12.3. The molecule has 5 rings (SSSR count). The third-order valence-electron chi connectivity index (χ3n) is 4.89. The van der Waals surface area contributed by atoms with Crippen LogP contribution in [0.15, 0.2) is 60.7 Å². The third-order valence-corrected chi connectivity index (χ3v) is 4.89. The molecule has 0 bridgehead atoms. The number of aryl methyl sites for hydroxylation is 1. The third kappa shape index (κ3) is 1.46. The molecule has 1 aliphatic carbocycles. The van der Waals surface area contributed by atoms with Crippen LogP contribution in [0.2, 0.25) is 0 Å². The second kappa shape index (κ2) is 4.17. The first-order valence-electron chi connectivity index (χ1n) is 7.72. The number of rotatable bonds is 0. The van der Waals surface area contributed by atoms with Crippen LogP contribution in [-0.2, 0) is 6.42 Å². The number of fused-ring (bicyclic) bond motifs is 7. The van der Waals surface area contributed by atoms with Gasteiger partial charge in [-0.25, -0.2) is 0 Å². The van der Waals surface area contributed by atoms with E-state index in [9.17, 15) is 4.79 Å². The summed E-state index contributed by atoms with van der Waals surface area (Å²) < 4.78 is 0. The molecule has 0 spiro atoms. The number of Topliss-reactive ketones (excluding diaryl/α,β-unsaturated/α-hetero) is 1. The molecule has 1 heteroatoms. The zero-order valence-electron chi connectivity index (χ0n) is 12.1. The van der Waals surface area contributed by atoms with Crippen LogP contribution in [0.4, 0.5) is 0 Å². The monoisotopic (exact) mass is 282 g/mol. The van der Waals surface area contributed by atoms with Gasteiger partial charge in [-0.2, -0.15) is 0 Å². The fourth-order valence-corrected chi connectivity index (χ4v) is 3.87. The number of carbonyl (C=O) groups excluding carboxylic acids is 1. The van der Waals surface area contributed by atoms with Crippen molar-refractivity contribution in [1.82, 2.24) is 0 Å². The van der Waals surface area contributed by atoms with E-state index in [1.54, 1.807) is 0 Å². The molecule has 0 aliphatic heterocycles. The number of ketones is 1. The van der Waals surface area contributed by atoms with Gasteiger partial charge < -0.3 is 0 Å². The molecular weight excluding hydrogens is 268 g/mol. The second-order valence-electron chi connectivity index (χ2n) is 6.07. The van der Waals surface area contributed by atoms with Gasteiger partial charge in [-0.1, -0.05) is 60.7 Å². The highest BCUT2D eigenvalue weighted by atomic mass is 16.1. The first-order valence-corrected chi connectivity index (χ1v) is 7.72. The molecular formula is C21H14O. The van der Waals surface area contributed by atoms with Crippen molar-refractivity contribution in [2.75, 3.05) is 0 Å². The molecule has 1 aliphatic rings. The number of carbonyl (C=O) groups is 1. The van der Waals surface area contributed by atoms with Gasteiger partial charge in [0.2, 0.25) is 0 Å². The van der Waals surface area contributed by atoms with Crippen molar-refractivity contribution >= 4 is 38.1 Å². The summed E-state index contributed by atoms with van der Waals surface area (Å²) in [7, 11) is 0. The van der Waals surface area contributed by atoms with Crippen LogP contribution < -0.4 is 0 Å². The van der Waals surface area contributed by atoms with E-state index in [0.29, 0.717) is 12.2 Å². The Labute approximate surface area is 128 Å². The Morgan fingerprint density at radius 1 is 0.636 bits per heavy atom. The molecule has 0 radical (unpaired) electrons. The van der Waals surface area contributed by atoms with E-state index < -0.39 is 0 Å². The van der Waals surface area contributed by atoms with E-state index in [2.05, 4.69) is 60.7 Å². The average molecular weight is 282 g/mol. The SMILES string of the molecule is O=C1CCc2ccc3c(ccc4ccc5ccccc5c43)c21. The summed E-state index contributed by atoms with van der Waals surface area (Å²) in [6.45, 7) is 0. The highest BCUT2D eigenvalue weighted by molar-refractivity contribution is 6.24. The lowest BCUT2D eigenvalue weighted by Crippen LogP contribution is -1.93. The standard InChI is InChI=1S/C21H14O/c22-19-12-9-15-8-10-17-18(21(15)19)11-7-14-6-5-13-3-1-2-4-16(13)20(14)17/h1-8,10-11H,9,12H2. The molecule has 4 aromatic rings. The van der Waals surface area contributed by atoms with E-state index >= 15 is 0 Å². The lowest BCUT2D eigenvalue weighted by Gasteiger charge is -2.10. The predicted molar refractivity (Wildman–Crippen MR) is 91.6 cm³/mol. The number of hydrogen-bond acceptors (Lipinski definition) is 1. The largest absolute Gasteiger partial charge is 0.294 e. The molecule has 0 N–H and O–H groups in total. The zero-order chi connectivity index (χ0) is 14.7. The maximum atomic E-state index is 12.3. The van der Waals surface area contributed by atoms with E-state index in [1.165, 1.54) is 32.5 Å². The topological polar surface area (TPSA) is 17.1 Å². The zero-order valence-corrected chi connectivity index (χ0v) is 12.1. The summed E-state index contributed by atoms with van der Waals surface area (Å²) in [5.74, 6) is 0.292. The number of benzene rings is 4. The molecule has 104 valence electrons. The molecule has 0 heterocycles. The summed E-state index contributed by atoms with van der Waals surface area (Å²) in [5.41, 5.74) is 2.16. The fourth-order valence-electron chi connectivity index (χ4n) is 3.87. The molecule has 0 fully saturated rings. The van der Waals surface area contributed by atoms with Crippen molar-refractivity contribution in [1.29, 1.82) is 0 Å². The lowest BCUT2D eigenvalue weighted by atomic mass is 9.93. The van der Waals surface area contributed by atoms with Crippen molar-refractivity contribution < 1.29 is 4.79 Å². The number of hydrogen-bond donors (Lipinski definition) is 0. The molecule has 0 saturated carbocycles. The van der Waals surface area contributed by atoms with E-state index in [0.717, 1.165) is 17.4 Å². The molecule has 0 aromatic heterocycles. The Kier molecular flexibility index (Phi) is 2.26. The lowest BCUT2D eigenvalue weighted by molar-refractivity contribution is 0.0996. The van der Waals surface area contributed by atoms with Crippen molar-refractivity contribution in [3.63, 3.8) is 0 Å². The summed E-state index contributed by atoms with van der Waals surface area (Å²) in [6, 6.07) is 21.4. The normalized spacial score (nSPS) is 14.1. The summed E-state index contributed by atoms with van der Waals surface area (Å²) in [6.07, 6.45) is 1.54. The predicted octanol–water partition coefficient (Wildman–Crippen LogP) is 5.28. The molecule has 0 unspecified atom stereocenters. The molecule has 1 nitrogen and oxygen atoms in total. The van der Waals surface area contributed by atoms with Crippen LogP contribution in [0.25, 0.3) is 32.3 Å². The van der Waals surface area contributed by atoms with E-state index in [1.807, 2.05) is 0 Å². The van der Waals surface area contributed by atoms with Crippen molar-refractivity contribution in [3.8, 4) is 0 Å². The molecule has 22 heavy (non-hydrogen) atoms. The minimum Gasteiger partial charge on any atom is -0.294 e. The first-order chi connectivity index (χ1) is 10.8. The van der Waals surface area contributed by atoms with Gasteiger partial charge in [-0.3, -0.25) is 4.79 Å². The van der Waals surface area contributed by atoms with Gasteiger partial charge in [0.25, 0.3) is 0 Å². The minimum absolute atomic E-state index is 0.292. The second-order valence-corrected chi connectivity index (χ2v) is 6.07. The Balaban J connectivity index is 2.06. The van der Waals surface area contributed by atoms with Gasteiger partial charge in [-0.05, 0) is 44.3 Å². The molecule has 0 atom stereocenters. The Bertz CT molecular complexity index is 1090. The smallest absolute Gasteiger partial charge is 0.164 e. The van der Waals surface area contributed by atoms with Crippen molar-refractivity contribution in [3.05, 3.63) is 71.8 Å².